The number of unbranched alkanes of at least 4 members (excludes halogenated alkanes) is 2. The van der Waals surface area contributed by atoms with Crippen molar-refractivity contribution in [2.45, 2.75) is 44.1 Å². The predicted molar refractivity (Wildman–Crippen MR) is 78.8 cm³/mol. The Labute approximate surface area is 118 Å². The highest BCUT2D eigenvalue weighted by Gasteiger charge is 2.29. The Bertz CT molecular complexity index is 346. The summed E-state index contributed by atoms with van der Waals surface area (Å²) in [6.45, 7) is 1.42. The van der Waals surface area contributed by atoms with Crippen molar-refractivity contribution in [1.29, 1.82) is 0 Å². The average molecular weight is 312 g/mol. The summed E-state index contributed by atoms with van der Waals surface area (Å²) in [4.78, 5) is 0. The zero-order chi connectivity index (χ0) is 12.8. The summed E-state index contributed by atoms with van der Waals surface area (Å²) in [7, 11) is 0. The Morgan fingerprint density at radius 1 is 1.11 bits per heavy atom. The molecule has 0 heterocycles. The first kappa shape index (κ1) is 14.0. The molecule has 2 rings (SSSR count). The van der Waals surface area contributed by atoms with Gasteiger partial charge >= 0.3 is 0 Å². The van der Waals surface area contributed by atoms with Gasteiger partial charge in [-0.3, -0.25) is 0 Å². The van der Waals surface area contributed by atoms with Gasteiger partial charge in [0, 0.05) is 17.1 Å². The van der Waals surface area contributed by atoms with Gasteiger partial charge in [-0.05, 0) is 62.3 Å². The van der Waals surface area contributed by atoms with E-state index in [4.69, 9.17) is 5.11 Å². The van der Waals surface area contributed by atoms with Crippen molar-refractivity contribution in [1.82, 2.24) is 5.32 Å². The Hall–Kier alpha value is -0.380. The first-order valence-corrected chi connectivity index (χ1v) is 7.68. The van der Waals surface area contributed by atoms with Gasteiger partial charge in [0.15, 0.2) is 0 Å². The number of hydrogen-bond acceptors (Lipinski definition) is 2. The molecule has 0 aliphatic heterocycles. The van der Waals surface area contributed by atoms with E-state index in [0.29, 0.717) is 12.6 Å². The van der Waals surface area contributed by atoms with Gasteiger partial charge < -0.3 is 10.4 Å². The molecular weight excluding hydrogens is 290 g/mol. The maximum absolute atomic E-state index is 8.69. The van der Waals surface area contributed by atoms with Crippen LogP contribution in [0.15, 0.2) is 28.7 Å². The maximum Gasteiger partial charge on any atom is 0.0431 e. The van der Waals surface area contributed by atoms with Gasteiger partial charge in [0.2, 0.25) is 0 Å². The molecule has 0 unspecified atom stereocenters. The van der Waals surface area contributed by atoms with Crippen LogP contribution in [0.5, 0.6) is 0 Å². The average Bonchev–Trinajstić information content (AvgIpc) is 2.33. The third-order valence-electron chi connectivity index (χ3n) is 3.75. The molecule has 0 radical (unpaired) electrons. The van der Waals surface area contributed by atoms with E-state index >= 15 is 0 Å². The van der Waals surface area contributed by atoms with Gasteiger partial charge in [0.1, 0.15) is 0 Å². The summed E-state index contributed by atoms with van der Waals surface area (Å²) >= 11 is 3.47. The lowest BCUT2D eigenvalue weighted by Gasteiger charge is -2.36. The quantitative estimate of drug-likeness (QED) is 0.756. The number of hydrogen-bond donors (Lipinski definition) is 2. The number of nitrogens with one attached hydrogen (secondary N) is 1. The molecule has 0 bridgehead atoms. The van der Waals surface area contributed by atoms with Gasteiger partial charge in [0.25, 0.3) is 0 Å². The molecule has 0 spiro atoms. The summed E-state index contributed by atoms with van der Waals surface area (Å²) in [5.41, 5.74) is 1.47. The fourth-order valence-electron chi connectivity index (χ4n) is 2.51. The highest BCUT2D eigenvalue weighted by atomic mass is 79.9. The van der Waals surface area contributed by atoms with E-state index in [-0.39, 0.29) is 0 Å². The van der Waals surface area contributed by atoms with Crippen LogP contribution in [-0.2, 0) is 0 Å². The van der Waals surface area contributed by atoms with E-state index in [2.05, 4.69) is 45.5 Å². The van der Waals surface area contributed by atoms with Crippen molar-refractivity contribution < 1.29 is 5.11 Å². The van der Waals surface area contributed by atoms with Crippen LogP contribution in [0.1, 0.15) is 43.6 Å². The molecule has 18 heavy (non-hydrogen) atoms. The smallest absolute Gasteiger partial charge is 0.0431 e. The molecule has 0 aromatic heterocycles. The van der Waals surface area contributed by atoms with Crippen molar-refractivity contribution in [3.8, 4) is 0 Å². The van der Waals surface area contributed by atoms with Crippen LogP contribution in [0.4, 0.5) is 0 Å². The van der Waals surface area contributed by atoms with Crippen LogP contribution in [0.3, 0.4) is 0 Å². The normalized spacial score (nSPS) is 22.8. The third kappa shape index (κ3) is 4.08. The van der Waals surface area contributed by atoms with Gasteiger partial charge in [-0.2, -0.15) is 0 Å². The monoisotopic (exact) mass is 311 g/mol. The van der Waals surface area contributed by atoms with Crippen LogP contribution in [0.25, 0.3) is 0 Å². The van der Waals surface area contributed by atoms with Crippen molar-refractivity contribution in [3.05, 3.63) is 34.3 Å². The van der Waals surface area contributed by atoms with Gasteiger partial charge in [-0.25, -0.2) is 0 Å². The van der Waals surface area contributed by atoms with E-state index < -0.39 is 0 Å². The minimum atomic E-state index is 0.328. The summed E-state index contributed by atoms with van der Waals surface area (Å²) in [6.07, 6.45) is 5.78. The summed E-state index contributed by atoms with van der Waals surface area (Å²) in [5.74, 6) is 0.744. The minimum Gasteiger partial charge on any atom is -0.396 e. The van der Waals surface area contributed by atoms with Gasteiger partial charge in [-0.1, -0.05) is 28.1 Å². The predicted octanol–water partition coefficient (Wildman–Crippen LogP) is 3.45. The minimum absolute atomic E-state index is 0.328. The molecule has 0 amide bonds. The van der Waals surface area contributed by atoms with Crippen LogP contribution in [0, 0.1) is 0 Å². The molecule has 1 aliphatic carbocycles. The van der Waals surface area contributed by atoms with Crippen molar-refractivity contribution >= 4 is 15.9 Å². The fraction of sp³-hybridized carbons (Fsp3) is 0.600. The second-order valence-electron chi connectivity index (χ2n) is 5.16. The Morgan fingerprint density at radius 2 is 1.83 bits per heavy atom. The van der Waals surface area contributed by atoms with E-state index in [1.807, 2.05) is 0 Å². The van der Waals surface area contributed by atoms with Crippen LogP contribution < -0.4 is 5.32 Å². The van der Waals surface area contributed by atoms with Gasteiger partial charge in [0.05, 0.1) is 0 Å². The van der Waals surface area contributed by atoms with Crippen molar-refractivity contribution in [2.24, 2.45) is 0 Å². The van der Waals surface area contributed by atoms with Crippen LogP contribution in [0.2, 0.25) is 0 Å². The molecule has 2 nitrogen and oxygen atoms in total. The molecule has 0 saturated heterocycles. The Morgan fingerprint density at radius 3 is 2.50 bits per heavy atom. The van der Waals surface area contributed by atoms with Crippen molar-refractivity contribution in [2.75, 3.05) is 13.2 Å². The van der Waals surface area contributed by atoms with Crippen LogP contribution in [-0.4, -0.2) is 24.3 Å². The Balaban J connectivity index is 1.60. The molecule has 1 aliphatic rings. The lowest BCUT2D eigenvalue weighted by molar-refractivity contribution is 0.273. The van der Waals surface area contributed by atoms with Crippen molar-refractivity contribution in [3.63, 3.8) is 0 Å². The standard InChI is InChI=1S/C15H22BrNO/c16-14-6-4-12(5-7-14)13-10-15(11-13)17-8-2-1-3-9-18/h4-7,13,15,17-18H,1-3,8-11H2. The zero-order valence-corrected chi connectivity index (χ0v) is 12.3. The van der Waals surface area contributed by atoms with E-state index in [0.717, 1.165) is 29.8 Å². The lowest BCUT2D eigenvalue weighted by atomic mass is 9.76. The summed E-state index contributed by atoms with van der Waals surface area (Å²) < 4.78 is 1.16. The SMILES string of the molecule is OCCCCCNC1CC(c2ccc(Br)cc2)C1. The molecule has 0 atom stereocenters. The second kappa shape index (κ2) is 7.27. The number of benzene rings is 1. The number of aliphatic hydroxyl groups is 1. The molecule has 3 heteroatoms. The van der Waals surface area contributed by atoms with Crippen LogP contribution >= 0.6 is 15.9 Å². The largest absolute Gasteiger partial charge is 0.396 e. The molecule has 2 N–H and O–H groups in total. The fourth-order valence-corrected chi connectivity index (χ4v) is 2.78. The highest BCUT2D eigenvalue weighted by Crippen LogP contribution is 2.37. The topological polar surface area (TPSA) is 32.3 Å². The number of halogens is 1. The second-order valence-corrected chi connectivity index (χ2v) is 6.07. The molecular formula is C15H22BrNO. The molecule has 1 fully saturated rings. The molecule has 100 valence electrons. The molecule has 1 saturated carbocycles. The summed E-state index contributed by atoms with van der Waals surface area (Å²) in [5, 5.41) is 12.3. The van der Waals surface area contributed by atoms with E-state index in [9.17, 15) is 0 Å². The van der Waals surface area contributed by atoms with E-state index in [1.54, 1.807) is 0 Å². The lowest BCUT2D eigenvalue weighted by Crippen LogP contribution is -2.40. The summed E-state index contributed by atoms with van der Waals surface area (Å²) in [6, 6.07) is 9.42. The first-order valence-electron chi connectivity index (χ1n) is 6.89. The first-order chi connectivity index (χ1) is 8.79. The third-order valence-corrected chi connectivity index (χ3v) is 4.28. The maximum atomic E-state index is 8.69. The number of aliphatic hydroxyl groups excluding tert-OH is 1. The number of rotatable bonds is 7. The molecule has 1 aromatic carbocycles. The zero-order valence-electron chi connectivity index (χ0n) is 10.7. The van der Waals surface area contributed by atoms with E-state index in [1.165, 1.54) is 24.8 Å². The van der Waals surface area contributed by atoms with Gasteiger partial charge in [-0.15, -0.1) is 0 Å². The Kier molecular flexibility index (Phi) is 5.67. The highest BCUT2D eigenvalue weighted by molar-refractivity contribution is 9.10. The molecule has 1 aromatic rings.